The zero-order chi connectivity index (χ0) is 13.5. The van der Waals surface area contributed by atoms with Crippen LogP contribution in [0.15, 0.2) is 30.3 Å². The molecule has 5 nitrogen and oxygen atoms in total. The van der Waals surface area contributed by atoms with E-state index in [-0.39, 0.29) is 17.9 Å². The Morgan fingerprint density at radius 3 is 2.50 bits per heavy atom. The van der Waals surface area contributed by atoms with Crippen LogP contribution in [0.25, 0.3) is 0 Å². The van der Waals surface area contributed by atoms with Crippen LogP contribution in [-0.4, -0.2) is 29.4 Å². The second-order valence-electron chi connectivity index (χ2n) is 4.36. The Morgan fingerprint density at radius 1 is 1.39 bits per heavy atom. The van der Waals surface area contributed by atoms with Gasteiger partial charge >= 0.3 is 6.03 Å². The van der Waals surface area contributed by atoms with Gasteiger partial charge in [-0.1, -0.05) is 18.2 Å². The van der Waals surface area contributed by atoms with E-state index in [0.29, 0.717) is 13.0 Å². The second kappa shape index (κ2) is 6.64. The fourth-order valence-electron chi connectivity index (χ4n) is 1.55. The van der Waals surface area contributed by atoms with Crippen molar-refractivity contribution in [3.63, 3.8) is 0 Å². The zero-order valence-electron chi connectivity index (χ0n) is 10.8. The van der Waals surface area contributed by atoms with Gasteiger partial charge in [0.2, 0.25) is 0 Å². The van der Waals surface area contributed by atoms with Gasteiger partial charge in [-0.25, -0.2) is 4.79 Å². The molecule has 0 bridgehead atoms. The van der Waals surface area contributed by atoms with Crippen LogP contribution >= 0.6 is 0 Å². The fraction of sp³-hybridized carbons (Fsp3) is 0.385. The third kappa shape index (κ3) is 4.45. The number of carbonyl (C=O) groups is 1. The van der Waals surface area contributed by atoms with Gasteiger partial charge in [-0.05, 0) is 26.0 Å². The molecule has 1 aromatic carbocycles. The summed E-state index contributed by atoms with van der Waals surface area (Å²) in [5.74, 6) is 0.0909. The van der Waals surface area contributed by atoms with Gasteiger partial charge in [0, 0.05) is 24.7 Å². The molecule has 0 unspecified atom stereocenters. The summed E-state index contributed by atoms with van der Waals surface area (Å²) in [5.41, 5.74) is 6.08. The van der Waals surface area contributed by atoms with Gasteiger partial charge in [0.05, 0.1) is 5.84 Å². The number of nitrogens with zero attached hydrogens (tertiary/aromatic N) is 1. The minimum atomic E-state index is -0.169. The Morgan fingerprint density at radius 2 is 2.00 bits per heavy atom. The van der Waals surface area contributed by atoms with E-state index in [2.05, 4.69) is 5.32 Å². The van der Waals surface area contributed by atoms with Gasteiger partial charge in [0.15, 0.2) is 0 Å². The van der Waals surface area contributed by atoms with E-state index in [1.807, 2.05) is 44.2 Å². The zero-order valence-corrected chi connectivity index (χ0v) is 10.8. The Hall–Kier alpha value is -2.04. The van der Waals surface area contributed by atoms with E-state index in [1.165, 1.54) is 0 Å². The quantitative estimate of drug-likeness (QED) is 0.551. The number of nitrogens with two attached hydrogens (primary N) is 1. The molecule has 0 saturated heterocycles. The molecule has 1 aromatic rings. The monoisotopic (exact) mass is 248 g/mol. The molecule has 98 valence electrons. The molecule has 2 amide bonds. The highest BCUT2D eigenvalue weighted by Crippen LogP contribution is 2.08. The molecule has 0 aliphatic heterocycles. The molecule has 0 aliphatic carbocycles. The standard InChI is InChI=1S/C13H20N4O/c1-10(2)17(9-8-12(14)15)13(18)16-11-6-4-3-5-7-11/h3-7,10H,8-9H2,1-2H3,(H3,14,15)(H,16,18). The molecular formula is C13H20N4O. The second-order valence-corrected chi connectivity index (χ2v) is 4.36. The smallest absolute Gasteiger partial charge is 0.322 e. The van der Waals surface area contributed by atoms with Crippen molar-refractivity contribution < 1.29 is 4.79 Å². The van der Waals surface area contributed by atoms with E-state index in [0.717, 1.165) is 5.69 Å². The number of urea groups is 1. The summed E-state index contributed by atoms with van der Waals surface area (Å²) in [5, 5.41) is 10.0. The highest BCUT2D eigenvalue weighted by atomic mass is 16.2. The van der Waals surface area contributed by atoms with E-state index in [4.69, 9.17) is 11.1 Å². The van der Waals surface area contributed by atoms with Crippen LogP contribution in [0.5, 0.6) is 0 Å². The summed E-state index contributed by atoms with van der Waals surface area (Å²) in [6.07, 6.45) is 0.389. The lowest BCUT2D eigenvalue weighted by atomic mass is 10.3. The third-order valence-corrected chi connectivity index (χ3v) is 2.53. The molecule has 0 saturated carbocycles. The Bertz CT molecular complexity index is 403. The van der Waals surface area contributed by atoms with Crippen LogP contribution in [0, 0.1) is 5.41 Å². The number of amides is 2. The Labute approximate surface area is 107 Å². The van der Waals surface area contributed by atoms with Crippen molar-refractivity contribution in [2.75, 3.05) is 11.9 Å². The number of anilines is 1. The first-order valence-electron chi connectivity index (χ1n) is 5.96. The lowest BCUT2D eigenvalue weighted by molar-refractivity contribution is 0.199. The number of carbonyl (C=O) groups excluding carboxylic acids is 1. The number of nitrogens with one attached hydrogen (secondary N) is 2. The summed E-state index contributed by atoms with van der Waals surface area (Å²) in [6.45, 7) is 4.32. The predicted molar refractivity (Wildman–Crippen MR) is 73.8 cm³/mol. The minimum Gasteiger partial charge on any atom is -0.388 e. The van der Waals surface area contributed by atoms with Crippen molar-refractivity contribution in [3.8, 4) is 0 Å². The van der Waals surface area contributed by atoms with Gasteiger partial charge in [-0.2, -0.15) is 0 Å². The Balaban J connectivity index is 2.62. The van der Waals surface area contributed by atoms with Crippen LogP contribution < -0.4 is 11.1 Å². The normalized spacial score (nSPS) is 10.2. The molecular weight excluding hydrogens is 228 g/mol. The lowest BCUT2D eigenvalue weighted by Gasteiger charge is -2.26. The van der Waals surface area contributed by atoms with E-state index in [9.17, 15) is 4.79 Å². The average Bonchev–Trinajstić information content (AvgIpc) is 2.29. The first-order chi connectivity index (χ1) is 8.50. The van der Waals surface area contributed by atoms with Crippen molar-refractivity contribution in [1.82, 2.24) is 4.90 Å². The first-order valence-corrected chi connectivity index (χ1v) is 5.96. The predicted octanol–water partition coefficient (Wildman–Crippen LogP) is 2.25. The van der Waals surface area contributed by atoms with Gasteiger partial charge in [-0.15, -0.1) is 0 Å². The van der Waals surface area contributed by atoms with Gasteiger partial charge < -0.3 is 16.0 Å². The highest BCUT2D eigenvalue weighted by Gasteiger charge is 2.16. The van der Waals surface area contributed by atoms with Crippen LogP contribution in [0.2, 0.25) is 0 Å². The van der Waals surface area contributed by atoms with Crippen LogP contribution in [0.1, 0.15) is 20.3 Å². The number of rotatable bonds is 5. The highest BCUT2D eigenvalue weighted by molar-refractivity contribution is 5.89. The molecule has 4 N–H and O–H groups in total. The molecule has 0 aliphatic rings. The fourth-order valence-corrected chi connectivity index (χ4v) is 1.55. The van der Waals surface area contributed by atoms with Crippen molar-refractivity contribution in [2.24, 2.45) is 5.73 Å². The van der Waals surface area contributed by atoms with Crippen molar-refractivity contribution in [1.29, 1.82) is 5.41 Å². The molecule has 0 aromatic heterocycles. The SMILES string of the molecule is CC(C)N(CCC(=N)N)C(=O)Nc1ccccc1. The van der Waals surface area contributed by atoms with Crippen molar-refractivity contribution >= 4 is 17.6 Å². The largest absolute Gasteiger partial charge is 0.388 e. The summed E-state index contributed by atoms with van der Waals surface area (Å²) < 4.78 is 0. The maximum absolute atomic E-state index is 12.1. The summed E-state index contributed by atoms with van der Waals surface area (Å²) in [4.78, 5) is 13.7. The number of amidine groups is 1. The summed E-state index contributed by atoms with van der Waals surface area (Å²) >= 11 is 0. The molecule has 0 radical (unpaired) electrons. The lowest BCUT2D eigenvalue weighted by Crippen LogP contribution is -2.41. The van der Waals surface area contributed by atoms with Crippen LogP contribution in [-0.2, 0) is 0 Å². The minimum absolute atomic E-state index is 0.0630. The number of hydrogen-bond acceptors (Lipinski definition) is 2. The van der Waals surface area contributed by atoms with Gasteiger partial charge in [-0.3, -0.25) is 5.41 Å². The molecule has 0 spiro atoms. The van der Waals surface area contributed by atoms with E-state index >= 15 is 0 Å². The molecule has 18 heavy (non-hydrogen) atoms. The van der Waals surface area contributed by atoms with Crippen LogP contribution in [0.4, 0.5) is 10.5 Å². The topological polar surface area (TPSA) is 82.2 Å². The first kappa shape index (κ1) is 14.0. The summed E-state index contributed by atoms with van der Waals surface area (Å²) in [6, 6.07) is 9.19. The van der Waals surface area contributed by atoms with E-state index < -0.39 is 0 Å². The molecule has 5 heteroatoms. The number of hydrogen-bond donors (Lipinski definition) is 3. The molecule has 1 rings (SSSR count). The molecule has 0 atom stereocenters. The van der Waals surface area contributed by atoms with Crippen molar-refractivity contribution in [3.05, 3.63) is 30.3 Å². The Kier molecular flexibility index (Phi) is 5.17. The molecule has 0 fully saturated rings. The molecule has 0 heterocycles. The maximum Gasteiger partial charge on any atom is 0.322 e. The maximum atomic E-state index is 12.1. The number of para-hydroxylation sites is 1. The van der Waals surface area contributed by atoms with Gasteiger partial charge in [0.25, 0.3) is 0 Å². The van der Waals surface area contributed by atoms with Crippen LogP contribution in [0.3, 0.4) is 0 Å². The van der Waals surface area contributed by atoms with E-state index in [1.54, 1.807) is 4.90 Å². The average molecular weight is 248 g/mol. The third-order valence-electron chi connectivity index (χ3n) is 2.53. The van der Waals surface area contributed by atoms with Gasteiger partial charge in [0.1, 0.15) is 0 Å². The summed E-state index contributed by atoms with van der Waals surface area (Å²) in [7, 11) is 0. The van der Waals surface area contributed by atoms with Crippen molar-refractivity contribution in [2.45, 2.75) is 26.3 Å². The number of benzene rings is 1.